The van der Waals surface area contributed by atoms with Gasteiger partial charge in [-0.2, -0.15) is 0 Å². The molecule has 1 unspecified atom stereocenters. The van der Waals surface area contributed by atoms with Gasteiger partial charge in [-0.15, -0.1) is 0 Å². The number of ether oxygens (including phenoxy) is 1. The molecule has 1 aliphatic heterocycles. The molecule has 28 heavy (non-hydrogen) atoms. The van der Waals surface area contributed by atoms with Crippen molar-refractivity contribution in [3.8, 4) is 0 Å². The van der Waals surface area contributed by atoms with E-state index in [1.807, 2.05) is 18.4 Å². The fourth-order valence-corrected chi connectivity index (χ4v) is 5.34. The molecule has 1 aromatic heterocycles. The van der Waals surface area contributed by atoms with Gasteiger partial charge in [-0.3, -0.25) is 9.59 Å². The predicted octanol–water partition coefficient (Wildman–Crippen LogP) is 3.20. The topological polar surface area (TPSA) is 82.4 Å². The molecule has 3 rings (SSSR count). The molecule has 7 heteroatoms. The minimum absolute atomic E-state index is 0.0290. The summed E-state index contributed by atoms with van der Waals surface area (Å²) in [7, 11) is -1.99. The van der Waals surface area contributed by atoms with E-state index >= 15 is 0 Å². The first kappa shape index (κ1) is 20.3. The molecule has 2 aromatic rings. The number of methoxy groups -OCH3 is 1. The third-order valence-electron chi connectivity index (χ3n) is 4.99. The van der Waals surface area contributed by atoms with E-state index in [1.54, 1.807) is 24.3 Å². The normalized spacial score (nSPS) is 16.6. The summed E-state index contributed by atoms with van der Waals surface area (Å²) < 4.78 is 31.4. The van der Waals surface area contributed by atoms with Gasteiger partial charge in [0.2, 0.25) is 5.78 Å². The molecule has 0 amide bonds. The van der Waals surface area contributed by atoms with Gasteiger partial charge in [0.25, 0.3) is 0 Å². The first-order chi connectivity index (χ1) is 13.2. The number of hydrogen-bond donors (Lipinski definition) is 0. The van der Waals surface area contributed by atoms with Crippen molar-refractivity contribution in [3.63, 3.8) is 0 Å². The molecule has 0 saturated heterocycles. The van der Waals surface area contributed by atoms with Crippen molar-refractivity contribution in [2.45, 2.75) is 44.0 Å². The zero-order chi connectivity index (χ0) is 20.5. The van der Waals surface area contributed by atoms with Crippen LogP contribution in [0.25, 0.3) is 0 Å². The van der Waals surface area contributed by atoms with Crippen LogP contribution in [0, 0.1) is 5.92 Å². The molecule has 0 fully saturated rings. The molecule has 0 spiro atoms. The van der Waals surface area contributed by atoms with Crippen LogP contribution in [0.5, 0.6) is 0 Å². The van der Waals surface area contributed by atoms with E-state index in [0.717, 1.165) is 12.1 Å². The molecule has 0 radical (unpaired) electrons. The Balaban J connectivity index is 1.88. The molecule has 0 saturated carbocycles. The van der Waals surface area contributed by atoms with Crippen LogP contribution >= 0.6 is 0 Å². The number of aromatic nitrogens is 1. The van der Waals surface area contributed by atoms with Gasteiger partial charge < -0.3 is 9.30 Å². The highest BCUT2D eigenvalue weighted by atomic mass is 32.2. The molecule has 150 valence electrons. The molecule has 0 N–H and O–H groups in total. The van der Waals surface area contributed by atoms with Crippen LogP contribution in [0.1, 0.15) is 54.4 Å². The lowest BCUT2D eigenvalue weighted by Crippen LogP contribution is -2.24. The van der Waals surface area contributed by atoms with Gasteiger partial charge in [-0.1, -0.05) is 13.8 Å². The van der Waals surface area contributed by atoms with E-state index in [2.05, 4.69) is 0 Å². The van der Waals surface area contributed by atoms with E-state index in [0.29, 0.717) is 24.2 Å². The Morgan fingerprint density at radius 1 is 1.14 bits per heavy atom. The van der Waals surface area contributed by atoms with Crippen LogP contribution in [-0.2, 0) is 25.9 Å². The average molecular weight is 404 g/mol. The molecule has 6 nitrogen and oxygen atoms in total. The maximum absolute atomic E-state index is 13.0. The highest BCUT2D eigenvalue weighted by molar-refractivity contribution is 7.91. The van der Waals surface area contributed by atoms with E-state index in [4.69, 9.17) is 4.74 Å². The zero-order valence-electron chi connectivity index (χ0n) is 16.3. The standard InChI is InChI=1S/C21H25NO5S/c1-14(2)13-28(25,26)16-8-6-15(7-9-16)20(23)19-11-10-18-17(21(24)27-3)5-4-12-22(18)19/h6-11,14,17H,4-5,12-13H2,1-3H3. The van der Waals surface area contributed by atoms with Crippen molar-refractivity contribution >= 4 is 21.6 Å². The maximum Gasteiger partial charge on any atom is 0.314 e. The third-order valence-corrected chi connectivity index (χ3v) is 7.09. The number of esters is 1. The Kier molecular flexibility index (Phi) is 5.74. The SMILES string of the molecule is COC(=O)C1CCCn2c(C(=O)c3ccc(S(=O)(=O)CC(C)C)cc3)ccc21. The van der Waals surface area contributed by atoms with Crippen molar-refractivity contribution in [2.24, 2.45) is 5.92 Å². The molecule has 0 bridgehead atoms. The number of carbonyl (C=O) groups is 2. The zero-order valence-corrected chi connectivity index (χ0v) is 17.2. The fraction of sp³-hybridized carbons (Fsp3) is 0.429. The number of fused-ring (bicyclic) bond motifs is 1. The molecule has 1 atom stereocenters. The summed E-state index contributed by atoms with van der Waals surface area (Å²) in [6, 6.07) is 9.61. The summed E-state index contributed by atoms with van der Waals surface area (Å²) in [6.07, 6.45) is 1.49. The number of sulfone groups is 1. The van der Waals surface area contributed by atoms with Crippen molar-refractivity contribution in [3.05, 3.63) is 53.3 Å². The van der Waals surface area contributed by atoms with Crippen LogP contribution in [-0.4, -0.2) is 37.6 Å². The number of benzene rings is 1. The molecule has 0 aliphatic carbocycles. The van der Waals surface area contributed by atoms with E-state index in [-0.39, 0.29) is 34.2 Å². The van der Waals surface area contributed by atoms with Gasteiger partial charge in [0.15, 0.2) is 9.84 Å². The Bertz CT molecular complexity index is 986. The van der Waals surface area contributed by atoms with Crippen LogP contribution in [0.2, 0.25) is 0 Å². The van der Waals surface area contributed by atoms with E-state index in [9.17, 15) is 18.0 Å². The molecular formula is C21H25NO5S. The number of rotatable bonds is 6. The summed E-state index contributed by atoms with van der Waals surface area (Å²) in [5, 5.41) is 0. The first-order valence-corrected chi connectivity index (χ1v) is 11.0. The highest BCUT2D eigenvalue weighted by Crippen LogP contribution is 2.31. The number of carbonyl (C=O) groups excluding carboxylic acids is 2. The fourth-order valence-electron chi connectivity index (χ4n) is 3.71. The predicted molar refractivity (Wildman–Crippen MR) is 105 cm³/mol. The lowest BCUT2D eigenvalue weighted by molar-refractivity contribution is -0.143. The summed E-state index contributed by atoms with van der Waals surface area (Å²) in [4.78, 5) is 25.2. The molecular weight excluding hydrogens is 378 g/mol. The smallest absolute Gasteiger partial charge is 0.314 e. The van der Waals surface area contributed by atoms with Gasteiger partial charge in [0.1, 0.15) is 0 Å². The summed E-state index contributed by atoms with van der Waals surface area (Å²) >= 11 is 0. The molecule has 2 heterocycles. The van der Waals surface area contributed by atoms with Crippen molar-refractivity contribution in [2.75, 3.05) is 12.9 Å². The molecule has 1 aromatic carbocycles. The monoisotopic (exact) mass is 403 g/mol. The average Bonchev–Trinajstić information content (AvgIpc) is 3.10. The van der Waals surface area contributed by atoms with Crippen LogP contribution in [0.15, 0.2) is 41.3 Å². The summed E-state index contributed by atoms with van der Waals surface area (Å²) in [6.45, 7) is 4.37. The second-order valence-corrected chi connectivity index (χ2v) is 9.58. The van der Waals surface area contributed by atoms with Crippen LogP contribution in [0.4, 0.5) is 0 Å². The second kappa shape index (κ2) is 7.91. The van der Waals surface area contributed by atoms with Gasteiger partial charge in [0, 0.05) is 17.8 Å². The summed E-state index contributed by atoms with van der Waals surface area (Å²) in [5.74, 6) is -0.742. The summed E-state index contributed by atoms with van der Waals surface area (Å²) in [5.41, 5.74) is 1.71. The van der Waals surface area contributed by atoms with E-state index < -0.39 is 9.84 Å². The number of ketones is 1. The molecule has 1 aliphatic rings. The van der Waals surface area contributed by atoms with Crippen LogP contribution in [0.3, 0.4) is 0 Å². The maximum atomic E-state index is 13.0. The van der Waals surface area contributed by atoms with Gasteiger partial charge >= 0.3 is 5.97 Å². The minimum atomic E-state index is -3.36. The highest BCUT2D eigenvalue weighted by Gasteiger charge is 2.30. The Morgan fingerprint density at radius 2 is 1.82 bits per heavy atom. The van der Waals surface area contributed by atoms with Gasteiger partial charge in [-0.05, 0) is 55.2 Å². The number of nitrogens with zero attached hydrogens (tertiary/aromatic N) is 1. The first-order valence-electron chi connectivity index (χ1n) is 9.39. The lowest BCUT2D eigenvalue weighted by atomic mass is 9.96. The Hall–Kier alpha value is -2.41. The van der Waals surface area contributed by atoms with Crippen molar-refractivity contribution < 1.29 is 22.7 Å². The van der Waals surface area contributed by atoms with Gasteiger partial charge in [0.05, 0.1) is 29.4 Å². The van der Waals surface area contributed by atoms with Crippen molar-refractivity contribution in [1.29, 1.82) is 0 Å². The van der Waals surface area contributed by atoms with Gasteiger partial charge in [-0.25, -0.2) is 8.42 Å². The second-order valence-electron chi connectivity index (χ2n) is 7.54. The van der Waals surface area contributed by atoms with Crippen LogP contribution < -0.4 is 0 Å². The Labute approximate surface area is 165 Å². The largest absolute Gasteiger partial charge is 0.469 e. The van der Waals surface area contributed by atoms with Crippen molar-refractivity contribution in [1.82, 2.24) is 4.57 Å². The van der Waals surface area contributed by atoms with E-state index in [1.165, 1.54) is 19.2 Å². The third kappa shape index (κ3) is 3.90. The quantitative estimate of drug-likeness (QED) is 0.546. The minimum Gasteiger partial charge on any atom is -0.469 e. The number of hydrogen-bond acceptors (Lipinski definition) is 5. The lowest BCUT2D eigenvalue weighted by Gasteiger charge is -2.24. The Morgan fingerprint density at radius 3 is 2.43 bits per heavy atom.